The number of nitrogens with zero attached hydrogens (tertiary/aromatic N) is 3. The summed E-state index contributed by atoms with van der Waals surface area (Å²) >= 11 is 0. The SMILES string of the molecule is CCC(=O)N(CCC(C)C)Cc1c(-c2ccccc2F)noc1N1CCOCC1. The molecule has 0 bridgehead atoms. The number of carbonyl (C=O) groups excluding carboxylic acids is 1. The minimum Gasteiger partial charge on any atom is -0.378 e. The van der Waals surface area contributed by atoms with Gasteiger partial charge in [0, 0.05) is 31.6 Å². The van der Waals surface area contributed by atoms with Gasteiger partial charge in [0.25, 0.3) is 0 Å². The molecule has 0 spiro atoms. The summed E-state index contributed by atoms with van der Waals surface area (Å²) in [6, 6.07) is 6.53. The van der Waals surface area contributed by atoms with E-state index in [1.807, 2.05) is 11.8 Å². The van der Waals surface area contributed by atoms with E-state index in [0.717, 1.165) is 12.0 Å². The predicted octanol–water partition coefficient (Wildman–Crippen LogP) is 4.10. The minimum absolute atomic E-state index is 0.0688. The summed E-state index contributed by atoms with van der Waals surface area (Å²) in [6.45, 7) is 9.67. The van der Waals surface area contributed by atoms with Gasteiger partial charge in [-0.15, -0.1) is 0 Å². The third-order valence-corrected chi connectivity index (χ3v) is 5.18. The van der Waals surface area contributed by atoms with Gasteiger partial charge in [0.15, 0.2) is 0 Å². The first-order valence-electron chi connectivity index (χ1n) is 10.3. The molecule has 0 unspecified atom stereocenters. The van der Waals surface area contributed by atoms with Crippen LogP contribution in [-0.2, 0) is 16.1 Å². The molecule has 3 rings (SSSR count). The van der Waals surface area contributed by atoms with Gasteiger partial charge in [-0.2, -0.15) is 0 Å². The molecule has 158 valence electrons. The zero-order valence-electron chi connectivity index (χ0n) is 17.5. The fraction of sp³-hybridized carbons (Fsp3) is 0.545. The second kappa shape index (κ2) is 9.87. The Morgan fingerprint density at radius 3 is 2.66 bits per heavy atom. The number of anilines is 1. The zero-order chi connectivity index (χ0) is 20.8. The molecule has 29 heavy (non-hydrogen) atoms. The van der Waals surface area contributed by atoms with E-state index in [1.165, 1.54) is 6.07 Å². The first-order valence-corrected chi connectivity index (χ1v) is 10.3. The smallest absolute Gasteiger partial charge is 0.233 e. The van der Waals surface area contributed by atoms with E-state index in [2.05, 4.69) is 23.9 Å². The van der Waals surface area contributed by atoms with Crippen LogP contribution in [0.25, 0.3) is 11.3 Å². The van der Waals surface area contributed by atoms with Crippen molar-refractivity contribution < 1.29 is 18.4 Å². The second-order valence-electron chi connectivity index (χ2n) is 7.75. The number of hydrogen-bond acceptors (Lipinski definition) is 5. The van der Waals surface area contributed by atoms with Crippen molar-refractivity contribution in [2.45, 2.75) is 40.2 Å². The molecule has 1 aromatic carbocycles. The zero-order valence-corrected chi connectivity index (χ0v) is 17.5. The van der Waals surface area contributed by atoms with Crippen LogP contribution in [-0.4, -0.2) is 48.8 Å². The van der Waals surface area contributed by atoms with Crippen molar-refractivity contribution in [1.29, 1.82) is 0 Å². The van der Waals surface area contributed by atoms with Crippen LogP contribution in [0.4, 0.5) is 10.3 Å². The van der Waals surface area contributed by atoms with Crippen molar-refractivity contribution >= 4 is 11.8 Å². The van der Waals surface area contributed by atoms with E-state index in [1.54, 1.807) is 18.2 Å². The van der Waals surface area contributed by atoms with Gasteiger partial charge in [0.2, 0.25) is 11.8 Å². The van der Waals surface area contributed by atoms with E-state index in [9.17, 15) is 9.18 Å². The summed E-state index contributed by atoms with van der Waals surface area (Å²) in [7, 11) is 0. The highest BCUT2D eigenvalue weighted by Crippen LogP contribution is 2.34. The second-order valence-corrected chi connectivity index (χ2v) is 7.75. The highest BCUT2D eigenvalue weighted by molar-refractivity contribution is 5.77. The van der Waals surface area contributed by atoms with E-state index < -0.39 is 0 Å². The van der Waals surface area contributed by atoms with E-state index >= 15 is 0 Å². The molecule has 7 heteroatoms. The van der Waals surface area contributed by atoms with Crippen LogP contribution >= 0.6 is 0 Å². The van der Waals surface area contributed by atoms with Crippen LogP contribution in [0.2, 0.25) is 0 Å². The number of carbonyl (C=O) groups is 1. The maximum absolute atomic E-state index is 14.5. The molecule has 0 atom stereocenters. The minimum atomic E-state index is -0.355. The molecule has 1 aromatic heterocycles. The van der Waals surface area contributed by atoms with Gasteiger partial charge < -0.3 is 19.1 Å². The lowest BCUT2D eigenvalue weighted by Gasteiger charge is -2.28. The number of halogens is 1. The molecule has 1 amide bonds. The average Bonchev–Trinajstić information content (AvgIpc) is 3.14. The Morgan fingerprint density at radius 1 is 1.28 bits per heavy atom. The van der Waals surface area contributed by atoms with Crippen LogP contribution in [0.1, 0.15) is 39.2 Å². The van der Waals surface area contributed by atoms with Gasteiger partial charge in [-0.05, 0) is 24.5 Å². The van der Waals surface area contributed by atoms with Crippen molar-refractivity contribution in [3.63, 3.8) is 0 Å². The van der Waals surface area contributed by atoms with Crippen molar-refractivity contribution in [2.24, 2.45) is 5.92 Å². The Labute approximate surface area is 171 Å². The highest BCUT2D eigenvalue weighted by Gasteiger charge is 2.27. The Bertz CT molecular complexity index is 815. The molecular formula is C22H30FN3O3. The summed E-state index contributed by atoms with van der Waals surface area (Å²) < 4.78 is 25.7. The number of ether oxygens (including phenoxy) is 1. The van der Waals surface area contributed by atoms with Gasteiger partial charge in [0.1, 0.15) is 11.5 Å². The fourth-order valence-electron chi connectivity index (χ4n) is 3.44. The topological polar surface area (TPSA) is 58.8 Å². The predicted molar refractivity (Wildman–Crippen MR) is 110 cm³/mol. The third-order valence-electron chi connectivity index (χ3n) is 5.18. The average molecular weight is 403 g/mol. The number of morpholine rings is 1. The van der Waals surface area contributed by atoms with Crippen LogP contribution in [0, 0.1) is 11.7 Å². The first-order chi connectivity index (χ1) is 14.0. The van der Waals surface area contributed by atoms with Crippen molar-refractivity contribution in [3.8, 4) is 11.3 Å². The fourth-order valence-corrected chi connectivity index (χ4v) is 3.44. The largest absolute Gasteiger partial charge is 0.378 e. The lowest BCUT2D eigenvalue weighted by Crippen LogP contribution is -2.37. The van der Waals surface area contributed by atoms with Gasteiger partial charge in [-0.3, -0.25) is 4.79 Å². The van der Waals surface area contributed by atoms with Crippen LogP contribution in [0.15, 0.2) is 28.8 Å². The molecule has 1 aliphatic rings. The Balaban J connectivity index is 1.99. The van der Waals surface area contributed by atoms with Gasteiger partial charge >= 0.3 is 0 Å². The number of hydrogen-bond donors (Lipinski definition) is 0. The van der Waals surface area contributed by atoms with Gasteiger partial charge in [0.05, 0.1) is 25.3 Å². The van der Waals surface area contributed by atoms with Gasteiger partial charge in [-0.25, -0.2) is 4.39 Å². The summed E-state index contributed by atoms with van der Waals surface area (Å²) in [4.78, 5) is 16.5. The lowest BCUT2D eigenvalue weighted by molar-refractivity contribution is -0.131. The lowest BCUT2D eigenvalue weighted by atomic mass is 10.0. The standard InChI is InChI=1S/C22H30FN3O3/c1-4-20(27)26(10-9-16(2)3)15-18-21(17-7-5-6-8-19(17)23)24-29-22(18)25-11-13-28-14-12-25/h5-8,16H,4,9-15H2,1-3H3. The summed E-state index contributed by atoms with van der Waals surface area (Å²) in [5, 5.41) is 4.22. The number of amides is 1. The Kier molecular flexibility index (Phi) is 7.25. The third kappa shape index (κ3) is 5.15. The summed E-state index contributed by atoms with van der Waals surface area (Å²) in [5.74, 6) is 0.796. The monoisotopic (exact) mass is 403 g/mol. The molecule has 1 aliphatic heterocycles. The molecule has 1 saturated heterocycles. The molecule has 6 nitrogen and oxygen atoms in total. The van der Waals surface area contributed by atoms with Gasteiger partial charge in [-0.1, -0.05) is 38.1 Å². The molecule has 0 radical (unpaired) electrons. The molecule has 1 fully saturated rings. The van der Waals surface area contributed by atoms with Crippen LogP contribution in [0.5, 0.6) is 0 Å². The number of rotatable bonds is 8. The molecule has 2 aromatic rings. The van der Waals surface area contributed by atoms with Crippen LogP contribution in [0.3, 0.4) is 0 Å². The van der Waals surface area contributed by atoms with Crippen molar-refractivity contribution in [3.05, 3.63) is 35.6 Å². The Morgan fingerprint density at radius 2 is 2.00 bits per heavy atom. The molecule has 0 aliphatic carbocycles. The van der Waals surface area contributed by atoms with E-state index in [-0.39, 0.29) is 11.7 Å². The molecular weight excluding hydrogens is 373 g/mol. The first kappa shape index (κ1) is 21.3. The molecule has 0 N–H and O–H groups in total. The maximum Gasteiger partial charge on any atom is 0.233 e. The van der Waals surface area contributed by atoms with E-state index in [4.69, 9.17) is 9.26 Å². The van der Waals surface area contributed by atoms with E-state index in [0.29, 0.717) is 68.9 Å². The normalized spacial score (nSPS) is 14.4. The number of aromatic nitrogens is 1. The van der Waals surface area contributed by atoms with Crippen LogP contribution < -0.4 is 4.90 Å². The highest BCUT2D eigenvalue weighted by atomic mass is 19.1. The molecule has 0 saturated carbocycles. The summed E-state index contributed by atoms with van der Waals surface area (Å²) in [5.41, 5.74) is 1.60. The summed E-state index contributed by atoms with van der Waals surface area (Å²) in [6.07, 6.45) is 1.32. The quantitative estimate of drug-likeness (QED) is 0.664. The molecule has 2 heterocycles. The maximum atomic E-state index is 14.5. The number of benzene rings is 1. The van der Waals surface area contributed by atoms with Crippen molar-refractivity contribution in [2.75, 3.05) is 37.7 Å². The van der Waals surface area contributed by atoms with Crippen molar-refractivity contribution in [1.82, 2.24) is 10.1 Å². The Hall–Kier alpha value is -2.41.